The molecule has 0 saturated heterocycles. The minimum atomic E-state index is 0.370. The SMILES string of the molecule is c1ccc(Nc2nnc(-c3cc4ccccc4[nH]3)o2)cc1. The maximum Gasteiger partial charge on any atom is 0.320 e. The Kier molecular flexibility index (Phi) is 2.67. The number of para-hydroxylation sites is 2. The Labute approximate surface area is 120 Å². The molecule has 5 nitrogen and oxygen atoms in total. The van der Waals surface area contributed by atoms with Crippen molar-refractivity contribution in [3.63, 3.8) is 0 Å². The summed E-state index contributed by atoms with van der Waals surface area (Å²) in [4.78, 5) is 3.27. The normalized spacial score (nSPS) is 10.9. The summed E-state index contributed by atoms with van der Waals surface area (Å²) in [6.07, 6.45) is 0. The quantitative estimate of drug-likeness (QED) is 0.594. The molecule has 5 heteroatoms. The molecule has 0 aliphatic heterocycles. The number of aromatic nitrogens is 3. The molecule has 4 aromatic rings. The minimum absolute atomic E-state index is 0.370. The smallest absolute Gasteiger partial charge is 0.320 e. The van der Waals surface area contributed by atoms with E-state index in [0.29, 0.717) is 11.9 Å². The van der Waals surface area contributed by atoms with Crippen LogP contribution in [0.1, 0.15) is 0 Å². The van der Waals surface area contributed by atoms with Crippen molar-refractivity contribution >= 4 is 22.6 Å². The summed E-state index contributed by atoms with van der Waals surface area (Å²) in [5.41, 5.74) is 2.76. The zero-order chi connectivity index (χ0) is 14.1. The highest BCUT2D eigenvalue weighted by molar-refractivity contribution is 5.84. The lowest BCUT2D eigenvalue weighted by Gasteiger charge is -1.98. The van der Waals surface area contributed by atoms with Gasteiger partial charge in [-0.1, -0.05) is 41.5 Å². The van der Waals surface area contributed by atoms with Gasteiger partial charge in [0.2, 0.25) is 0 Å². The zero-order valence-corrected chi connectivity index (χ0v) is 11.1. The molecule has 0 fully saturated rings. The molecule has 2 N–H and O–H groups in total. The Bertz CT molecular complexity index is 846. The number of nitrogens with one attached hydrogen (secondary N) is 2. The Morgan fingerprint density at radius 3 is 2.57 bits per heavy atom. The molecule has 0 radical (unpaired) electrons. The number of aromatic amines is 1. The van der Waals surface area contributed by atoms with Crippen molar-refractivity contribution in [1.29, 1.82) is 0 Å². The number of hydrogen-bond donors (Lipinski definition) is 2. The predicted octanol–water partition coefficient (Wildman–Crippen LogP) is 3.96. The minimum Gasteiger partial charge on any atom is -0.402 e. The monoisotopic (exact) mass is 276 g/mol. The van der Waals surface area contributed by atoms with Crippen LogP contribution in [0.2, 0.25) is 0 Å². The largest absolute Gasteiger partial charge is 0.402 e. The van der Waals surface area contributed by atoms with Gasteiger partial charge in [-0.25, -0.2) is 0 Å². The van der Waals surface area contributed by atoms with Crippen LogP contribution in [0.4, 0.5) is 11.7 Å². The van der Waals surface area contributed by atoms with Crippen LogP contribution in [0.5, 0.6) is 0 Å². The van der Waals surface area contributed by atoms with Crippen molar-refractivity contribution in [2.75, 3.05) is 5.32 Å². The summed E-state index contributed by atoms with van der Waals surface area (Å²) in [7, 11) is 0. The van der Waals surface area contributed by atoms with Crippen molar-refractivity contribution in [2.45, 2.75) is 0 Å². The second-order valence-electron chi connectivity index (χ2n) is 4.67. The number of anilines is 2. The van der Waals surface area contributed by atoms with Crippen LogP contribution in [-0.2, 0) is 0 Å². The topological polar surface area (TPSA) is 66.7 Å². The lowest BCUT2D eigenvalue weighted by atomic mass is 10.2. The van der Waals surface area contributed by atoms with E-state index in [2.05, 4.69) is 20.5 Å². The maximum absolute atomic E-state index is 5.64. The van der Waals surface area contributed by atoms with E-state index in [1.165, 1.54) is 0 Å². The summed E-state index contributed by atoms with van der Waals surface area (Å²) in [5, 5.41) is 12.3. The van der Waals surface area contributed by atoms with Gasteiger partial charge in [0, 0.05) is 16.6 Å². The van der Waals surface area contributed by atoms with Crippen LogP contribution < -0.4 is 5.32 Å². The molecular formula is C16H12N4O. The summed E-state index contributed by atoms with van der Waals surface area (Å²) < 4.78 is 5.64. The van der Waals surface area contributed by atoms with Crippen LogP contribution in [0.25, 0.3) is 22.5 Å². The molecule has 2 heterocycles. The first kappa shape index (κ1) is 11.7. The molecule has 2 aromatic heterocycles. The molecular weight excluding hydrogens is 264 g/mol. The zero-order valence-electron chi connectivity index (χ0n) is 11.1. The number of fused-ring (bicyclic) bond motifs is 1. The van der Waals surface area contributed by atoms with E-state index < -0.39 is 0 Å². The fourth-order valence-electron chi connectivity index (χ4n) is 2.22. The highest BCUT2D eigenvalue weighted by Gasteiger charge is 2.11. The van der Waals surface area contributed by atoms with Gasteiger partial charge < -0.3 is 14.7 Å². The van der Waals surface area contributed by atoms with E-state index in [4.69, 9.17) is 4.42 Å². The second-order valence-corrected chi connectivity index (χ2v) is 4.67. The molecule has 0 bridgehead atoms. The Morgan fingerprint density at radius 2 is 1.71 bits per heavy atom. The number of hydrogen-bond acceptors (Lipinski definition) is 4. The first-order chi connectivity index (χ1) is 10.4. The fraction of sp³-hybridized carbons (Fsp3) is 0. The molecule has 102 valence electrons. The van der Waals surface area contributed by atoms with E-state index in [9.17, 15) is 0 Å². The van der Waals surface area contributed by atoms with Gasteiger partial charge in [0.25, 0.3) is 5.89 Å². The second kappa shape index (κ2) is 4.79. The third-order valence-electron chi connectivity index (χ3n) is 3.21. The van der Waals surface area contributed by atoms with Crippen LogP contribution in [0.3, 0.4) is 0 Å². The number of rotatable bonds is 3. The number of nitrogens with zero attached hydrogens (tertiary/aromatic N) is 2. The molecule has 0 spiro atoms. The Hall–Kier alpha value is -3.08. The molecule has 0 atom stereocenters. The Morgan fingerprint density at radius 1 is 0.905 bits per heavy atom. The molecule has 0 aliphatic carbocycles. The van der Waals surface area contributed by atoms with Gasteiger partial charge in [-0.2, -0.15) is 0 Å². The first-order valence-electron chi connectivity index (χ1n) is 6.62. The predicted molar refractivity (Wildman–Crippen MR) is 81.3 cm³/mol. The summed E-state index contributed by atoms with van der Waals surface area (Å²) in [6.45, 7) is 0. The molecule has 21 heavy (non-hydrogen) atoms. The molecule has 0 aliphatic rings. The van der Waals surface area contributed by atoms with Crippen molar-refractivity contribution in [3.05, 3.63) is 60.7 Å². The van der Waals surface area contributed by atoms with Gasteiger partial charge in [-0.05, 0) is 24.3 Å². The van der Waals surface area contributed by atoms with Crippen molar-refractivity contribution in [2.24, 2.45) is 0 Å². The average Bonchev–Trinajstić information content (AvgIpc) is 3.14. The van der Waals surface area contributed by atoms with Gasteiger partial charge in [0.1, 0.15) is 5.69 Å². The van der Waals surface area contributed by atoms with Crippen molar-refractivity contribution in [3.8, 4) is 11.6 Å². The first-order valence-corrected chi connectivity index (χ1v) is 6.62. The van der Waals surface area contributed by atoms with E-state index in [1.54, 1.807) is 0 Å². The van der Waals surface area contributed by atoms with Gasteiger partial charge in [-0.3, -0.25) is 0 Å². The van der Waals surface area contributed by atoms with Gasteiger partial charge in [0.05, 0.1) is 0 Å². The molecule has 4 rings (SSSR count). The summed E-state index contributed by atoms with van der Waals surface area (Å²) in [6, 6.07) is 20.1. The van der Waals surface area contributed by atoms with Crippen molar-refractivity contribution < 1.29 is 4.42 Å². The standard InChI is InChI=1S/C16H12N4O/c1-2-7-12(8-3-1)17-16-20-19-15(21-16)14-10-11-6-4-5-9-13(11)18-14/h1-10,18H,(H,17,20). The van der Waals surface area contributed by atoms with Gasteiger partial charge in [0.15, 0.2) is 0 Å². The third kappa shape index (κ3) is 2.25. The van der Waals surface area contributed by atoms with E-state index >= 15 is 0 Å². The van der Waals surface area contributed by atoms with Gasteiger partial charge in [-0.15, -0.1) is 5.10 Å². The molecule has 2 aromatic carbocycles. The van der Waals surface area contributed by atoms with E-state index in [1.807, 2.05) is 60.7 Å². The van der Waals surface area contributed by atoms with Crippen LogP contribution in [-0.4, -0.2) is 15.2 Å². The highest BCUT2D eigenvalue weighted by Crippen LogP contribution is 2.25. The van der Waals surface area contributed by atoms with Crippen LogP contribution in [0, 0.1) is 0 Å². The summed E-state index contributed by atoms with van der Waals surface area (Å²) >= 11 is 0. The molecule has 0 saturated carbocycles. The van der Waals surface area contributed by atoms with Crippen LogP contribution >= 0.6 is 0 Å². The Balaban J connectivity index is 1.64. The maximum atomic E-state index is 5.64. The molecule has 0 unspecified atom stereocenters. The number of H-pyrrole nitrogens is 1. The molecule has 0 amide bonds. The lowest BCUT2D eigenvalue weighted by molar-refractivity contribution is 0.586. The average molecular weight is 276 g/mol. The van der Waals surface area contributed by atoms with E-state index in [-0.39, 0.29) is 0 Å². The van der Waals surface area contributed by atoms with Crippen LogP contribution in [0.15, 0.2) is 65.1 Å². The van der Waals surface area contributed by atoms with Crippen molar-refractivity contribution in [1.82, 2.24) is 15.2 Å². The summed E-state index contributed by atoms with van der Waals surface area (Å²) in [5.74, 6) is 0.463. The van der Waals surface area contributed by atoms with E-state index in [0.717, 1.165) is 22.3 Å². The highest BCUT2D eigenvalue weighted by atomic mass is 16.4. The number of benzene rings is 2. The fourth-order valence-corrected chi connectivity index (χ4v) is 2.22. The third-order valence-corrected chi connectivity index (χ3v) is 3.21. The van der Waals surface area contributed by atoms with Gasteiger partial charge >= 0.3 is 6.01 Å². The lowest BCUT2D eigenvalue weighted by Crippen LogP contribution is -1.88.